The third-order valence-corrected chi connectivity index (χ3v) is 6.22. The summed E-state index contributed by atoms with van der Waals surface area (Å²) in [6.45, 7) is 6.12. The number of oxime groups is 1. The van der Waals surface area contributed by atoms with Crippen LogP contribution in [-0.2, 0) is 4.79 Å². The lowest BCUT2D eigenvalue weighted by atomic mass is 10.1. The van der Waals surface area contributed by atoms with Crippen molar-refractivity contribution in [3.8, 4) is 16.9 Å². The van der Waals surface area contributed by atoms with Crippen LogP contribution in [0.3, 0.4) is 0 Å². The third kappa shape index (κ3) is 5.82. The topological polar surface area (TPSA) is 91.2 Å². The second-order valence-electron chi connectivity index (χ2n) is 8.15. The molecule has 0 spiro atoms. The standard InChI is InChI=1S/C24H29N3O4S/c1-4-5-14-31-20-10-6-17(7-11-20)18-8-12-21(13-9-18)32-16-19(26-30)15-27-22(28)24(2,3)25-23(27)29/h6-13,30H,4-5,14-16H2,1-3H3,(H,25,29)/b26-19+. The molecule has 32 heavy (non-hydrogen) atoms. The Morgan fingerprint density at radius 1 is 1.09 bits per heavy atom. The van der Waals surface area contributed by atoms with Crippen molar-refractivity contribution in [2.75, 3.05) is 18.9 Å². The molecule has 0 unspecified atom stereocenters. The molecule has 1 heterocycles. The van der Waals surface area contributed by atoms with E-state index < -0.39 is 11.6 Å². The Hall–Kier alpha value is -3.00. The van der Waals surface area contributed by atoms with Crippen LogP contribution in [0.1, 0.15) is 33.6 Å². The highest BCUT2D eigenvalue weighted by Gasteiger charge is 2.44. The zero-order valence-electron chi connectivity index (χ0n) is 18.6. The number of nitrogens with zero attached hydrogens (tertiary/aromatic N) is 2. The molecule has 2 aromatic carbocycles. The van der Waals surface area contributed by atoms with Gasteiger partial charge in [0.05, 0.1) is 18.9 Å². The highest BCUT2D eigenvalue weighted by molar-refractivity contribution is 8.00. The van der Waals surface area contributed by atoms with E-state index >= 15 is 0 Å². The van der Waals surface area contributed by atoms with Gasteiger partial charge in [-0.3, -0.25) is 9.69 Å². The van der Waals surface area contributed by atoms with E-state index in [0.717, 1.165) is 46.1 Å². The lowest BCUT2D eigenvalue weighted by Crippen LogP contribution is -2.41. The van der Waals surface area contributed by atoms with Crippen LogP contribution < -0.4 is 10.1 Å². The molecule has 2 aromatic rings. The molecule has 0 saturated carbocycles. The number of ether oxygens (including phenoxy) is 1. The number of thioether (sulfide) groups is 1. The summed E-state index contributed by atoms with van der Waals surface area (Å²) in [5.74, 6) is 0.899. The predicted octanol–water partition coefficient (Wildman–Crippen LogP) is 4.79. The maximum Gasteiger partial charge on any atom is 0.325 e. The lowest BCUT2D eigenvalue weighted by molar-refractivity contribution is -0.129. The average molecular weight is 456 g/mol. The molecule has 0 aromatic heterocycles. The zero-order chi connectivity index (χ0) is 23.1. The minimum Gasteiger partial charge on any atom is -0.494 e. The molecule has 7 nitrogen and oxygen atoms in total. The van der Waals surface area contributed by atoms with Crippen molar-refractivity contribution in [1.82, 2.24) is 10.2 Å². The van der Waals surface area contributed by atoms with E-state index in [1.807, 2.05) is 48.5 Å². The van der Waals surface area contributed by atoms with Gasteiger partial charge in [-0.25, -0.2) is 4.79 Å². The Morgan fingerprint density at radius 3 is 2.25 bits per heavy atom. The van der Waals surface area contributed by atoms with Crippen LogP contribution in [0.4, 0.5) is 4.79 Å². The van der Waals surface area contributed by atoms with Crippen molar-refractivity contribution < 1.29 is 19.5 Å². The van der Waals surface area contributed by atoms with Gasteiger partial charge in [-0.2, -0.15) is 0 Å². The summed E-state index contributed by atoms with van der Waals surface area (Å²) < 4.78 is 5.71. The van der Waals surface area contributed by atoms with Crippen LogP contribution in [0.2, 0.25) is 0 Å². The fraction of sp³-hybridized carbons (Fsp3) is 0.375. The molecule has 1 fully saturated rings. The van der Waals surface area contributed by atoms with E-state index in [0.29, 0.717) is 11.5 Å². The van der Waals surface area contributed by atoms with Crippen molar-refractivity contribution in [3.05, 3.63) is 48.5 Å². The molecule has 3 amide bonds. The zero-order valence-corrected chi connectivity index (χ0v) is 19.4. The van der Waals surface area contributed by atoms with Gasteiger partial charge in [-0.05, 0) is 55.7 Å². The van der Waals surface area contributed by atoms with Crippen LogP contribution in [0.25, 0.3) is 11.1 Å². The van der Waals surface area contributed by atoms with Gasteiger partial charge >= 0.3 is 6.03 Å². The summed E-state index contributed by atoms with van der Waals surface area (Å²) in [7, 11) is 0. The molecule has 0 atom stereocenters. The van der Waals surface area contributed by atoms with Gasteiger partial charge in [0.15, 0.2) is 0 Å². The summed E-state index contributed by atoms with van der Waals surface area (Å²) >= 11 is 1.48. The first-order valence-corrected chi connectivity index (χ1v) is 11.6. The number of carbonyl (C=O) groups is 2. The highest BCUT2D eigenvalue weighted by Crippen LogP contribution is 2.26. The normalized spacial score (nSPS) is 15.7. The Kier molecular flexibility index (Phi) is 7.80. The van der Waals surface area contributed by atoms with Crippen LogP contribution in [0, 0.1) is 0 Å². The lowest BCUT2D eigenvalue weighted by Gasteiger charge is -2.16. The van der Waals surface area contributed by atoms with Crippen molar-refractivity contribution in [2.45, 2.75) is 44.0 Å². The van der Waals surface area contributed by atoms with Crippen LogP contribution in [-0.4, -0.2) is 52.2 Å². The number of imide groups is 1. The van der Waals surface area contributed by atoms with Gasteiger partial charge in [0.25, 0.3) is 5.91 Å². The van der Waals surface area contributed by atoms with E-state index in [1.54, 1.807) is 13.8 Å². The minimum absolute atomic E-state index is 0.0393. The Balaban J connectivity index is 1.55. The Morgan fingerprint density at radius 2 is 1.72 bits per heavy atom. The second kappa shape index (κ2) is 10.5. The van der Waals surface area contributed by atoms with Gasteiger partial charge in [0.1, 0.15) is 11.3 Å². The van der Waals surface area contributed by atoms with Crippen molar-refractivity contribution in [3.63, 3.8) is 0 Å². The fourth-order valence-corrected chi connectivity index (χ4v) is 4.05. The van der Waals surface area contributed by atoms with Gasteiger partial charge < -0.3 is 15.3 Å². The number of carbonyl (C=O) groups excluding carboxylic acids is 2. The molecular weight excluding hydrogens is 426 g/mol. The molecule has 1 saturated heterocycles. The number of urea groups is 1. The van der Waals surface area contributed by atoms with E-state index in [1.165, 1.54) is 11.8 Å². The largest absolute Gasteiger partial charge is 0.494 e. The molecule has 0 radical (unpaired) electrons. The summed E-state index contributed by atoms with van der Waals surface area (Å²) in [4.78, 5) is 26.4. The monoisotopic (exact) mass is 455 g/mol. The summed E-state index contributed by atoms with van der Waals surface area (Å²) in [5, 5.41) is 15.3. The van der Waals surface area contributed by atoms with E-state index in [-0.39, 0.29) is 12.5 Å². The highest BCUT2D eigenvalue weighted by atomic mass is 32.2. The minimum atomic E-state index is -0.944. The first kappa shape index (κ1) is 23.7. The molecule has 2 N–H and O–H groups in total. The summed E-state index contributed by atoms with van der Waals surface area (Å²) in [5.41, 5.74) is 1.59. The molecule has 3 rings (SSSR count). The first-order valence-electron chi connectivity index (χ1n) is 10.6. The van der Waals surface area contributed by atoms with E-state index in [2.05, 4.69) is 17.4 Å². The average Bonchev–Trinajstić information content (AvgIpc) is 2.98. The van der Waals surface area contributed by atoms with Gasteiger partial charge in [0, 0.05) is 10.6 Å². The summed E-state index contributed by atoms with van der Waals surface area (Å²) in [6.07, 6.45) is 2.15. The number of rotatable bonds is 10. The molecule has 0 bridgehead atoms. The molecule has 8 heteroatoms. The number of nitrogens with one attached hydrogen (secondary N) is 1. The van der Waals surface area contributed by atoms with Crippen molar-refractivity contribution in [1.29, 1.82) is 0 Å². The number of amides is 3. The first-order chi connectivity index (χ1) is 15.3. The smallest absolute Gasteiger partial charge is 0.325 e. The molecule has 0 aliphatic carbocycles. The maximum absolute atomic E-state index is 12.3. The number of benzene rings is 2. The summed E-state index contributed by atoms with van der Waals surface area (Å²) in [6, 6.07) is 15.6. The van der Waals surface area contributed by atoms with Crippen LogP contribution >= 0.6 is 11.8 Å². The van der Waals surface area contributed by atoms with Gasteiger partial charge in [0.2, 0.25) is 0 Å². The Bertz CT molecular complexity index is 972. The SMILES string of the molecule is CCCCOc1ccc(-c2ccc(SC/C(CN3C(=O)NC(C)(C)C3=O)=N/O)cc2)cc1. The van der Waals surface area contributed by atoms with Crippen molar-refractivity contribution >= 4 is 29.4 Å². The van der Waals surface area contributed by atoms with Crippen LogP contribution in [0.5, 0.6) is 5.75 Å². The molecule has 1 aliphatic rings. The number of unbranched alkanes of at least 4 members (excludes halogenated alkanes) is 1. The van der Waals surface area contributed by atoms with E-state index in [4.69, 9.17) is 4.74 Å². The molecule has 170 valence electrons. The van der Waals surface area contributed by atoms with Crippen molar-refractivity contribution in [2.24, 2.45) is 5.16 Å². The molecule has 1 aliphatic heterocycles. The van der Waals surface area contributed by atoms with E-state index in [9.17, 15) is 14.8 Å². The number of hydrogen-bond acceptors (Lipinski definition) is 6. The predicted molar refractivity (Wildman–Crippen MR) is 127 cm³/mol. The Labute approximate surface area is 192 Å². The fourth-order valence-electron chi connectivity index (χ4n) is 3.24. The quantitative estimate of drug-likeness (QED) is 0.134. The maximum atomic E-state index is 12.3. The number of hydrogen-bond donors (Lipinski definition) is 2. The second-order valence-corrected chi connectivity index (χ2v) is 9.20. The van der Waals surface area contributed by atoms with Gasteiger partial charge in [-0.1, -0.05) is 42.8 Å². The van der Waals surface area contributed by atoms with Gasteiger partial charge in [-0.15, -0.1) is 11.8 Å². The van der Waals surface area contributed by atoms with Crippen LogP contribution in [0.15, 0.2) is 58.6 Å². The third-order valence-electron chi connectivity index (χ3n) is 5.14. The molecular formula is C24H29N3O4S.